The molecule has 2 N–H and O–H groups in total. The summed E-state index contributed by atoms with van der Waals surface area (Å²) in [4.78, 5) is 16.1. The Balaban J connectivity index is 1.84. The molecule has 0 aromatic carbocycles. The fourth-order valence-electron chi connectivity index (χ4n) is 3.00. The SMILES string of the molecule is Cc1cc(Nc2nc(C)cs2)nc([C@@H]2CCCCN2CCO)n1. The number of nitrogens with one attached hydrogen (secondary N) is 1. The molecule has 0 radical (unpaired) electrons. The maximum Gasteiger partial charge on any atom is 0.188 e. The predicted octanol–water partition coefficient (Wildman–Crippen LogP) is 2.81. The zero-order valence-electron chi connectivity index (χ0n) is 13.6. The summed E-state index contributed by atoms with van der Waals surface area (Å²) in [6, 6.07) is 2.13. The molecule has 1 aliphatic heterocycles. The monoisotopic (exact) mass is 333 g/mol. The van der Waals surface area contributed by atoms with Crippen molar-refractivity contribution < 1.29 is 5.11 Å². The molecule has 2 aromatic rings. The van der Waals surface area contributed by atoms with Crippen molar-refractivity contribution in [2.45, 2.75) is 39.2 Å². The number of piperidine rings is 1. The minimum atomic E-state index is 0.172. The van der Waals surface area contributed by atoms with Crippen LogP contribution in [-0.2, 0) is 0 Å². The Morgan fingerprint density at radius 2 is 2.13 bits per heavy atom. The number of anilines is 2. The van der Waals surface area contributed by atoms with E-state index < -0.39 is 0 Å². The van der Waals surface area contributed by atoms with Gasteiger partial charge in [-0.15, -0.1) is 11.3 Å². The number of hydrogen-bond acceptors (Lipinski definition) is 7. The molecule has 6 nitrogen and oxygen atoms in total. The number of nitrogens with zero attached hydrogens (tertiary/aromatic N) is 4. The third kappa shape index (κ3) is 4.04. The van der Waals surface area contributed by atoms with Gasteiger partial charge in [0.2, 0.25) is 0 Å². The maximum atomic E-state index is 9.29. The van der Waals surface area contributed by atoms with E-state index in [1.807, 2.05) is 25.3 Å². The molecule has 1 aliphatic rings. The molecule has 124 valence electrons. The van der Waals surface area contributed by atoms with Gasteiger partial charge in [-0.2, -0.15) is 0 Å². The maximum absolute atomic E-state index is 9.29. The number of aliphatic hydroxyl groups excluding tert-OH is 1. The van der Waals surface area contributed by atoms with Crippen molar-refractivity contribution in [3.63, 3.8) is 0 Å². The van der Waals surface area contributed by atoms with Crippen molar-refractivity contribution in [1.82, 2.24) is 19.9 Å². The van der Waals surface area contributed by atoms with E-state index in [9.17, 15) is 5.11 Å². The molecule has 1 saturated heterocycles. The minimum absolute atomic E-state index is 0.172. The summed E-state index contributed by atoms with van der Waals surface area (Å²) >= 11 is 1.57. The van der Waals surface area contributed by atoms with Gasteiger partial charge in [0.25, 0.3) is 0 Å². The molecule has 3 rings (SSSR count). The van der Waals surface area contributed by atoms with Crippen LogP contribution in [-0.4, -0.2) is 44.7 Å². The summed E-state index contributed by atoms with van der Waals surface area (Å²) in [5.74, 6) is 1.63. The number of hydrogen-bond donors (Lipinski definition) is 2. The highest BCUT2D eigenvalue weighted by atomic mass is 32.1. The second-order valence-corrected chi connectivity index (χ2v) is 6.80. The van der Waals surface area contributed by atoms with Crippen LogP contribution in [0.2, 0.25) is 0 Å². The van der Waals surface area contributed by atoms with Gasteiger partial charge in [-0.1, -0.05) is 6.42 Å². The van der Waals surface area contributed by atoms with Gasteiger partial charge in [0.1, 0.15) is 11.6 Å². The van der Waals surface area contributed by atoms with Crippen molar-refractivity contribution in [1.29, 1.82) is 0 Å². The molecular weight excluding hydrogens is 310 g/mol. The standard InChI is InChI=1S/C16H23N5OS/c1-11-9-14(20-16-18-12(2)10-23-16)19-15(17-11)13-5-3-4-6-21(13)7-8-22/h9-10,13,22H,3-8H2,1-2H3,(H,17,18,19,20)/t13-/m0/s1. The van der Waals surface area contributed by atoms with Crippen LogP contribution in [0.15, 0.2) is 11.4 Å². The number of thiazole rings is 1. The molecule has 0 spiro atoms. The number of likely N-dealkylation sites (tertiary alicyclic amines) is 1. The third-order valence-corrected chi connectivity index (χ3v) is 4.90. The summed E-state index contributed by atoms with van der Waals surface area (Å²) in [5.41, 5.74) is 1.95. The Morgan fingerprint density at radius 1 is 1.26 bits per heavy atom. The predicted molar refractivity (Wildman–Crippen MR) is 92.2 cm³/mol. The second-order valence-electron chi connectivity index (χ2n) is 5.94. The Labute approximate surface area is 140 Å². The summed E-state index contributed by atoms with van der Waals surface area (Å²) in [7, 11) is 0. The molecule has 2 aromatic heterocycles. The molecule has 0 amide bonds. The zero-order valence-corrected chi connectivity index (χ0v) is 14.4. The van der Waals surface area contributed by atoms with Gasteiger partial charge >= 0.3 is 0 Å². The van der Waals surface area contributed by atoms with Crippen molar-refractivity contribution in [2.75, 3.05) is 25.0 Å². The van der Waals surface area contributed by atoms with Gasteiger partial charge in [0.15, 0.2) is 5.13 Å². The normalized spacial score (nSPS) is 19.0. The first-order valence-electron chi connectivity index (χ1n) is 8.05. The molecule has 3 heterocycles. The molecule has 0 saturated carbocycles. The van der Waals surface area contributed by atoms with E-state index in [4.69, 9.17) is 4.98 Å². The fourth-order valence-corrected chi connectivity index (χ4v) is 3.70. The summed E-state index contributed by atoms with van der Waals surface area (Å²) < 4.78 is 0. The van der Waals surface area contributed by atoms with Gasteiger partial charge < -0.3 is 10.4 Å². The molecule has 0 aliphatic carbocycles. The lowest BCUT2D eigenvalue weighted by molar-refractivity contribution is 0.112. The molecule has 0 bridgehead atoms. The van der Waals surface area contributed by atoms with Crippen LogP contribution in [0.3, 0.4) is 0 Å². The number of aryl methyl sites for hydroxylation is 2. The molecule has 1 atom stereocenters. The smallest absolute Gasteiger partial charge is 0.188 e. The molecule has 23 heavy (non-hydrogen) atoms. The highest BCUT2D eigenvalue weighted by Crippen LogP contribution is 2.30. The largest absolute Gasteiger partial charge is 0.395 e. The Morgan fingerprint density at radius 3 is 2.87 bits per heavy atom. The average Bonchev–Trinajstić information content (AvgIpc) is 2.92. The summed E-state index contributed by atoms with van der Waals surface area (Å²) in [5, 5.41) is 15.4. The molecular formula is C16H23N5OS. The Kier molecular flexibility index (Phi) is 5.20. The van der Waals surface area contributed by atoms with Crippen molar-refractivity contribution >= 4 is 22.3 Å². The van der Waals surface area contributed by atoms with E-state index in [1.165, 1.54) is 12.8 Å². The summed E-state index contributed by atoms with van der Waals surface area (Å²) in [6.45, 7) is 5.81. The first kappa shape index (κ1) is 16.3. The van der Waals surface area contributed by atoms with Crippen LogP contribution < -0.4 is 5.32 Å². The van der Waals surface area contributed by atoms with E-state index in [0.717, 1.165) is 41.1 Å². The van der Waals surface area contributed by atoms with Crippen LogP contribution in [0, 0.1) is 13.8 Å². The Hall–Kier alpha value is -1.57. The highest BCUT2D eigenvalue weighted by Gasteiger charge is 2.26. The third-order valence-electron chi connectivity index (χ3n) is 4.02. The highest BCUT2D eigenvalue weighted by molar-refractivity contribution is 7.13. The van der Waals surface area contributed by atoms with Gasteiger partial charge in [-0.25, -0.2) is 15.0 Å². The molecule has 7 heteroatoms. The average molecular weight is 333 g/mol. The quantitative estimate of drug-likeness (QED) is 0.876. The topological polar surface area (TPSA) is 74.2 Å². The van der Waals surface area contributed by atoms with Crippen LogP contribution in [0.25, 0.3) is 0 Å². The van der Waals surface area contributed by atoms with E-state index in [0.29, 0.717) is 6.54 Å². The van der Waals surface area contributed by atoms with Crippen LogP contribution in [0.4, 0.5) is 10.9 Å². The Bertz CT molecular complexity index is 658. The number of rotatable bonds is 5. The number of aromatic nitrogens is 3. The van der Waals surface area contributed by atoms with Crippen molar-refractivity contribution in [3.05, 3.63) is 28.7 Å². The fraction of sp³-hybridized carbons (Fsp3) is 0.562. The molecule has 0 unspecified atom stereocenters. The minimum Gasteiger partial charge on any atom is -0.395 e. The molecule has 1 fully saturated rings. The van der Waals surface area contributed by atoms with Crippen LogP contribution in [0.5, 0.6) is 0 Å². The number of β-amino-alcohol motifs (C(OH)–C–C–N with tert-alkyl or cyclic N) is 1. The van der Waals surface area contributed by atoms with E-state index in [2.05, 4.69) is 20.2 Å². The lowest BCUT2D eigenvalue weighted by Gasteiger charge is -2.34. The van der Waals surface area contributed by atoms with Crippen LogP contribution >= 0.6 is 11.3 Å². The second kappa shape index (κ2) is 7.33. The first-order valence-corrected chi connectivity index (χ1v) is 8.93. The first-order chi connectivity index (χ1) is 11.2. The zero-order chi connectivity index (χ0) is 16.2. The van der Waals surface area contributed by atoms with Gasteiger partial charge in [0.05, 0.1) is 18.3 Å². The van der Waals surface area contributed by atoms with Crippen LogP contribution in [0.1, 0.15) is 42.5 Å². The van der Waals surface area contributed by atoms with E-state index in [1.54, 1.807) is 11.3 Å². The van der Waals surface area contributed by atoms with Crippen molar-refractivity contribution in [2.24, 2.45) is 0 Å². The van der Waals surface area contributed by atoms with Crippen molar-refractivity contribution in [3.8, 4) is 0 Å². The van der Waals surface area contributed by atoms with Gasteiger partial charge in [-0.3, -0.25) is 4.90 Å². The van der Waals surface area contributed by atoms with Gasteiger partial charge in [-0.05, 0) is 33.2 Å². The number of aliphatic hydroxyl groups is 1. The summed E-state index contributed by atoms with van der Waals surface area (Å²) in [6.07, 6.45) is 3.39. The lowest BCUT2D eigenvalue weighted by atomic mass is 10.0. The van der Waals surface area contributed by atoms with Gasteiger partial charge in [0, 0.05) is 23.7 Å². The van der Waals surface area contributed by atoms with E-state index >= 15 is 0 Å². The van der Waals surface area contributed by atoms with E-state index in [-0.39, 0.29) is 12.6 Å². The lowest BCUT2D eigenvalue weighted by Crippen LogP contribution is -2.36.